The molecule has 2 rings (SSSR count). The second kappa shape index (κ2) is 6.48. The van der Waals surface area contributed by atoms with Gasteiger partial charge < -0.3 is 10.1 Å². The Hall–Kier alpha value is -1.67. The highest BCUT2D eigenvalue weighted by molar-refractivity contribution is 6.30. The minimum Gasteiger partial charge on any atom is -0.497 e. The molecule has 0 spiro atoms. The lowest BCUT2D eigenvalue weighted by Gasteiger charge is -2.15. The van der Waals surface area contributed by atoms with E-state index in [2.05, 4.69) is 24.4 Å². The number of halogens is 1. The zero-order valence-corrected chi connectivity index (χ0v) is 11.9. The summed E-state index contributed by atoms with van der Waals surface area (Å²) in [6.07, 6.45) is 0.965. The molecule has 0 aromatic heterocycles. The second-order valence-corrected chi connectivity index (χ2v) is 5.04. The number of methoxy groups -OCH3 is 1. The fourth-order valence-electron chi connectivity index (χ4n) is 2.00. The number of anilines is 1. The minimum absolute atomic E-state index is 0.356. The normalized spacial score (nSPS) is 11.9. The van der Waals surface area contributed by atoms with Gasteiger partial charge in [0.15, 0.2) is 0 Å². The Morgan fingerprint density at radius 1 is 1.05 bits per heavy atom. The summed E-state index contributed by atoms with van der Waals surface area (Å²) < 4.78 is 5.15. The lowest BCUT2D eigenvalue weighted by molar-refractivity contribution is 0.414. The molecule has 2 aromatic rings. The van der Waals surface area contributed by atoms with Crippen molar-refractivity contribution < 1.29 is 4.74 Å². The van der Waals surface area contributed by atoms with E-state index < -0.39 is 0 Å². The predicted octanol–water partition coefficient (Wildman–Crippen LogP) is 4.39. The Morgan fingerprint density at radius 2 is 1.68 bits per heavy atom. The Balaban J connectivity index is 1.92. The van der Waals surface area contributed by atoms with E-state index in [1.807, 2.05) is 36.4 Å². The molecular weight excluding hydrogens is 258 g/mol. The minimum atomic E-state index is 0.356. The molecule has 1 atom stereocenters. The summed E-state index contributed by atoms with van der Waals surface area (Å²) in [5.41, 5.74) is 2.38. The van der Waals surface area contributed by atoms with Gasteiger partial charge in [0.2, 0.25) is 0 Å². The van der Waals surface area contributed by atoms with Crippen LogP contribution in [0, 0.1) is 0 Å². The molecule has 100 valence electrons. The molecule has 0 saturated heterocycles. The highest BCUT2D eigenvalue weighted by Gasteiger charge is 2.04. The Bertz CT molecular complexity index is 507. The molecule has 0 fully saturated rings. The van der Waals surface area contributed by atoms with Crippen LogP contribution in [-0.4, -0.2) is 13.2 Å². The van der Waals surface area contributed by atoms with Crippen LogP contribution >= 0.6 is 11.6 Å². The van der Waals surface area contributed by atoms with Crippen LogP contribution in [0.2, 0.25) is 5.02 Å². The van der Waals surface area contributed by atoms with Crippen LogP contribution in [0.5, 0.6) is 5.75 Å². The van der Waals surface area contributed by atoms with E-state index in [0.29, 0.717) is 6.04 Å². The zero-order chi connectivity index (χ0) is 13.7. The summed E-state index contributed by atoms with van der Waals surface area (Å²) >= 11 is 5.87. The standard InChI is InChI=1S/C16H18ClNO/c1-12(18-15-7-5-14(17)6-8-15)11-13-3-9-16(19-2)10-4-13/h3-10,12,18H,11H2,1-2H3. The number of nitrogens with one attached hydrogen (secondary N) is 1. The van der Waals surface area contributed by atoms with Gasteiger partial charge in [-0.3, -0.25) is 0 Å². The van der Waals surface area contributed by atoms with Gasteiger partial charge in [0.25, 0.3) is 0 Å². The second-order valence-electron chi connectivity index (χ2n) is 4.60. The SMILES string of the molecule is COc1ccc(CC(C)Nc2ccc(Cl)cc2)cc1. The van der Waals surface area contributed by atoms with Crippen LogP contribution in [0.25, 0.3) is 0 Å². The molecule has 0 bridgehead atoms. The maximum atomic E-state index is 5.87. The number of benzene rings is 2. The van der Waals surface area contributed by atoms with Gasteiger partial charge in [0.1, 0.15) is 5.75 Å². The van der Waals surface area contributed by atoms with Gasteiger partial charge in [-0.2, -0.15) is 0 Å². The number of ether oxygens (including phenoxy) is 1. The average molecular weight is 276 g/mol. The Kier molecular flexibility index (Phi) is 4.69. The van der Waals surface area contributed by atoms with Gasteiger partial charge in [0.05, 0.1) is 7.11 Å². The molecule has 1 unspecified atom stereocenters. The first-order chi connectivity index (χ1) is 9.17. The van der Waals surface area contributed by atoms with Gasteiger partial charge >= 0.3 is 0 Å². The van der Waals surface area contributed by atoms with E-state index in [1.54, 1.807) is 7.11 Å². The van der Waals surface area contributed by atoms with Gasteiger partial charge in [-0.05, 0) is 55.3 Å². The van der Waals surface area contributed by atoms with Gasteiger partial charge in [0, 0.05) is 16.8 Å². The summed E-state index contributed by atoms with van der Waals surface area (Å²) in [4.78, 5) is 0. The first-order valence-corrected chi connectivity index (χ1v) is 6.70. The molecule has 0 aliphatic heterocycles. The lowest BCUT2D eigenvalue weighted by Crippen LogP contribution is -2.17. The maximum absolute atomic E-state index is 5.87. The van der Waals surface area contributed by atoms with Crippen molar-refractivity contribution in [2.45, 2.75) is 19.4 Å². The van der Waals surface area contributed by atoms with E-state index in [-0.39, 0.29) is 0 Å². The van der Waals surface area contributed by atoms with Crippen LogP contribution in [-0.2, 0) is 6.42 Å². The van der Waals surface area contributed by atoms with Gasteiger partial charge in [-0.1, -0.05) is 23.7 Å². The molecule has 19 heavy (non-hydrogen) atoms. The van der Waals surface area contributed by atoms with Crippen LogP contribution in [0.1, 0.15) is 12.5 Å². The maximum Gasteiger partial charge on any atom is 0.118 e. The molecule has 0 aliphatic carbocycles. The van der Waals surface area contributed by atoms with E-state index in [1.165, 1.54) is 5.56 Å². The first kappa shape index (κ1) is 13.8. The molecule has 1 N–H and O–H groups in total. The van der Waals surface area contributed by atoms with Gasteiger partial charge in [-0.25, -0.2) is 0 Å². The van der Waals surface area contributed by atoms with Crippen LogP contribution in [0.4, 0.5) is 5.69 Å². The van der Waals surface area contributed by atoms with Crippen molar-refractivity contribution >= 4 is 17.3 Å². The summed E-state index contributed by atoms with van der Waals surface area (Å²) in [5.74, 6) is 0.891. The molecule has 0 aliphatic rings. The number of hydrogen-bond donors (Lipinski definition) is 1. The topological polar surface area (TPSA) is 21.3 Å². The molecule has 0 amide bonds. The lowest BCUT2D eigenvalue weighted by atomic mass is 10.1. The van der Waals surface area contributed by atoms with Crippen molar-refractivity contribution in [3.63, 3.8) is 0 Å². The van der Waals surface area contributed by atoms with Crippen molar-refractivity contribution in [1.82, 2.24) is 0 Å². The van der Waals surface area contributed by atoms with Crippen molar-refractivity contribution in [2.24, 2.45) is 0 Å². The molecule has 0 saturated carbocycles. The highest BCUT2D eigenvalue weighted by Crippen LogP contribution is 2.17. The highest BCUT2D eigenvalue weighted by atomic mass is 35.5. The molecule has 0 heterocycles. The predicted molar refractivity (Wildman–Crippen MR) is 81.2 cm³/mol. The monoisotopic (exact) mass is 275 g/mol. The Morgan fingerprint density at radius 3 is 2.26 bits per heavy atom. The summed E-state index contributed by atoms with van der Waals surface area (Å²) in [7, 11) is 1.68. The quantitative estimate of drug-likeness (QED) is 0.874. The van der Waals surface area contributed by atoms with Crippen molar-refractivity contribution in [2.75, 3.05) is 12.4 Å². The first-order valence-electron chi connectivity index (χ1n) is 6.32. The van der Waals surface area contributed by atoms with Crippen LogP contribution < -0.4 is 10.1 Å². The largest absolute Gasteiger partial charge is 0.497 e. The molecular formula is C16H18ClNO. The summed E-state index contributed by atoms with van der Waals surface area (Å²) in [6.45, 7) is 2.17. The summed E-state index contributed by atoms with van der Waals surface area (Å²) in [5, 5.41) is 4.21. The van der Waals surface area contributed by atoms with Crippen LogP contribution in [0.15, 0.2) is 48.5 Å². The fraction of sp³-hybridized carbons (Fsp3) is 0.250. The number of rotatable bonds is 5. The van der Waals surface area contributed by atoms with E-state index in [9.17, 15) is 0 Å². The van der Waals surface area contributed by atoms with E-state index in [0.717, 1.165) is 22.9 Å². The fourth-order valence-corrected chi connectivity index (χ4v) is 2.12. The van der Waals surface area contributed by atoms with E-state index in [4.69, 9.17) is 16.3 Å². The summed E-state index contributed by atoms with van der Waals surface area (Å²) in [6, 6.07) is 16.3. The van der Waals surface area contributed by atoms with Crippen molar-refractivity contribution in [3.8, 4) is 5.75 Å². The smallest absolute Gasteiger partial charge is 0.118 e. The molecule has 2 nitrogen and oxygen atoms in total. The molecule has 0 radical (unpaired) electrons. The van der Waals surface area contributed by atoms with Crippen molar-refractivity contribution in [3.05, 3.63) is 59.1 Å². The molecule has 3 heteroatoms. The molecule has 2 aromatic carbocycles. The van der Waals surface area contributed by atoms with Crippen LogP contribution in [0.3, 0.4) is 0 Å². The Labute approximate surface area is 119 Å². The third-order valence-electron chi connectivity index (χ3n) is 2.96. The van der Waals surface area contributed by atoms with Gasteiger partial charge in [-0.15, -0.1) is 0 Å². The van der Waals surface area contributed by atoms with E-state index >= 15 is 0 Å². The van der Waals surface area contributed by atoms with Crippen molar-refractivity contribution in [1.29, 1.82) is 0 Å². The average Bonchev–Trinajstić information content (AvgIpc) is 2.42. The number of hydrogen-bond acceptors (Lipinski definition) is 2. The third kappa shape index (κ3) is 4.18. The zero-order valence-electron chi connectivity index (χ0n) is 11.2. The third-order valence-corrected chi connectivity index (χ3v) is 3.21.